The standard InChI is InChI=1S/C13H16ClNO5/c1-9(20-11-4-2-3-10(14)7-11)13(18)15-5-6-19-8-12(16)17/h2-4,7,9H,5-6,8H2,1H3,(H,15,18)(H,16,17). The summed E-state index contributed by atoms with van der Waals surface area (Å²) in [6.07, 6.45) is -0.687. The lowest BCUT2D eigenvalue weighted by molar-refractivity contribution is -0.142. The van der Waals surface area contributed by atoms with E-state index in [1.54, 1.807) is 31.2 Å². The Kier molecular flexibility index (Phi) is 6.83. The predicted molar refractivity (Wildman–Crippen MR) is 73.0 cm³/mol. The molecule has 0 aliphatic rings. The van der Waals surface area contributed by atoms with Crippen LogP contribution in [0.2, 0.25) is 5.02 Å². The van der Waals surface area contributed by atoms with Crippen LogP contribution in [0.25, 0.3) is 0 Å². The van der Waals surface area contributed by atoms with Crippen molar-refractivity contribution >= 4 is 23.5 Å². The maximum atomic E-state index is 11.7. The maximum Gasteiger partial charge on any atom is 0.329 e. The third-order valence-corrected chi connectivity index (χ3v) is 2.48. The second kappa shape index (κ2) is 8.39. The van der Waals surface area contributed by atoms with Crippen molar-refractivity contribution in [2.45, 2.75) is 13.0 Å². The molecule has 1 amide bonds. The van der Waals surface area contributed by atoms with Crippen LogP contribution in [0.4, 0.5) is 0 Å². The number of carboxylic acids is 1. The van der Waals surface area contributed by atoms with Gasteiger partial charge in [-0.1, -0.05) is 17.7 Å². The van der Waals surface area contributed by atoms with Crippen LogP contribution in [-0.4, -0.2) is 42.8 Å². The van der Waals surface area contributed by atoms with Gasteiger partial charge in [-0.25, -0.2) is 4.79 Å². The molecule has 0 saturated heterocycles. The summed E-state index contributed by atoms with van der Waals surface area (Å²) >= 11 is 5.81. The summed E-state index contributed by atoms with van der Waals surface area (Å²) in [4.78, 5) is 21.9. The Labute approximate surface area is 121 Å². The number of benzene rings is 1. The highest BCUT2D eigenvalue weighted by Crippen LogP contribution is 2.18. The molecule has 0 aliphatic heterocycles. The van der Waals surface area contributed by atoms with Crippen LogP contribution in [-0.2, 0) is 14.3 Å². The fraction of sp³-hybridized carbons (Fsp3) is 0.385. The van der Waals surface area contributed by atoms with Gasteiger partial charge in [0.25, 0.3) is 5.91 Å². The smallest absolute Gasteiger partial charge is 0.329 e. The van der Waals surface area contributed by atoms with Crippen LogP contribution in [0, 0.1) is 0 Å². The molecule has 0 radical (unpaired) electrons. The number of carbonyl (C=O) groups excluding carboxylic acids is 1. The molecule has 1 unspecified atom stereocenters. The Hall–Kier alpha value is -1.79. The summed E-state index contributed by atoms with van der Waals surface area (Å²) in [5.74, 6) is -0.861. The van der Waals surface area contributed by atoms with Crippen molar-refractivity contribution in [2.75, 3.05) is 19.8 Å². The third kappa shape index (κ3) is 6.40. The lowest BCUT2D eigenvalue weighted by Crippen LogP contribution is -2.38. The van der Waals surface area contributed by atoms with E-state index in [4.69, 9.17) is 26.2 Å². The van der Waals surface area contributed by atoms with Crippen LogP contribution in [0.15, 0.2) is 24.3 Å². The van der Waals surface area contributed by atoms with E-state index in [2.05, 4.69) is 5.32 Å². The highest BCUT2D eigenvalue weighted by atomic mass is 35.5. The molecule has 20 heavy (non-hydrogen) atoms. The maximum absolute atomic E-state index is 11.7. The fourth-order valence-electron chi connectivity index (χ4n) is 1.35. The topological polar surface area (TPSA) is 84.9 Å². The first kappa shape index (κ1) is 16.3. The Bertz CT molecular complexity index is 466. The van der Waals surface area contributed by atoms with Gasteiger partial charge in [0.2, 0.25) is 0 Å². The van der Waals surface area contributed by atoms with E-state index >= 15 is 0 Å². The van der Waals surface area contributed by atoms with Gasteiger partial charge >= 0.3 is 5.97 Å². The van der Waals surface area contributed by atoms with E-state index in [0.29, 0.717) is 10.8 Å². The SMILES string of the molecule is CC(Oc1cccc(Cl)c1)C(=O)NCCOCC(=O)O. The summed E-state index contributed by atoms with van der Waals surface area (Å²) < 4.78 is 10.2. The molecule has 1 aromatic rings. The Morgan fingerprint density at radius 3 is 2.85 bits per heavy atom. The molecule has 7 heteroatoms. The number of nitrogens with one attached hydrogen (secondary N) is 1. The van der Waals surface area contributed by atoms with E-state index in [-0.39, 0.29) is 25.7 Å². The van der Waals surface area contributed by atoms with Gasteiger partial charge in [-0.3, -0.25) is 4.79 Å². The lowest BCUT2D eigenvalue weighted by atomic mass is 10.3. The van der Waals surface area contributed by atoms with Crippen molar-refractivity contribution in [3.05, 3.63) is 29.3 Å². The van der Waals surface area contributed by atoms with Crippen molar-refractivity contribution in [3.8, 4) is 5.75 Å². The first-order chi connectivity index (χ1) is 9.49. The zero-order valence-corrected chi connectivity index (χ0v) is 11.7. The van der Waals surface area contributed by atoms with Crippen LogP contribution in [0.1, 0.15) is 6.92 Å². The normalized spacial score (nSPS) is 11.7. The Morgan fingerprint density at radius 2 is 2.20 bits per heavy atom. The molecule has 0 aliphatic carbocycles. The largest absolute Gasteiger partial charge is 0.481 e. The van der Waals surface area contributed by atoms with Crippen LogP contribution in [0.3, 0.4) is 0 Å². The minimum atomic E-state index is -1.05. The van der Waals surface area contributed by atoms with Gasteiger partial charge in [-0.2, -0.15) is 0 Å². The van der Waals surface area contributed by atoms with Crippen molar-refractivity contribution in [3.63, 3.8) is 0 Å². The monoisotopic (exact) mass is 301 g/mol. The average Bonchev–Trinajstić information content (AvgIpc) is 2.37. The first-order valence-electron chi connectivity index (χ1n) is 5.98. The van der Waals surface area contributed by atoms with Crippen molar-refractivity contribution in [1.82, 2.24) is 5.32 Å². The number of amides is 1. The van der Waals surface area contributed by atoms with E-state index in [9.17, 15) is 9.59 Å². The second-order valence-corrected chi connectivity index (χ2v) is 4.39. The summed E-state index contributed by atoms with van der Waals surface area (Å²) in [7, 11) is 0. The average molecular weight is 302 g/mol. The quantitative estimate of drug-likeness (QED) is 0.708. The minimum Gasteiger partial charge on any atom is -0.481 e. The van der Waals surface area contributed by atoms with Gasteiger partial charge in [0.1, 0.15) is 12.4 Å². The third-order valence-electron chi connectivity index (χ3n) is 2.25. The molecule has 0 heterocycles. The molecule has 0 aromatic heterocycles. The number of hydrogen-bond acceptors (Lipinski definition) is 4. The number of rotatable bonds is 8. The van der Waals surface area contributed by atoms with Crippen LogP contribution < -0.4 is 10.1 Å². The van der Waals surface area contributed by atoms with Crippen LogP contribution >= 0.6 is 11.6 Å². The number of ether oxygens (including phenoxy) is 2. The predicted octanol–water partition coefficient (Wildman–Crippen LogP) is 1.32. The summed E-state index contributed by atoms with van der Waals surface area (Å²) in [5.41, 5.74) is 0. The number of hydrogen-bond donors (Lipinski definition) is 2. The highest BCUT2D eigenvalue weighted by Gasteiger charge is 2.14. The van der Waals surface area contributed by atoms with Gasteiger partial charge in [0.15, 0.2) is 6.10 Å². The van der Waals surface area contributed by atoms with E-state index in [0.717, 1.165) is 0 Å². The molecule has 1 atom stereocenters. The molecule has 0 spiro atoms. The van der Waals surface area contributed by atoms with Gasteiger partial charge in [-0.15, -0.1) is 0 Å². The molecular formula is C13H16ClNO5. The van der Waals surface area contributed by atoms with Crippen LogP contribution in [0.5, 0.6) is 5.75 Å². The molecule has 6 nitrogen and oxygen atoms in total. The molecule has 2 N–H and O–H groups in total. The molecule has 110 valence electrons. The van der Waals surface area contributed by atoms with Gasteiger partial charge in [0, 0.05) is 11.6 Å². The second-order valence-electron chi connectivity index (χ2n) is 3.95. The van der Waals surface area contributed by atoms with E-state index in [1.165, 1.54) is 0 Å². The van der Waals surface area contributed by atoms with Crippen molar-refractivity contribution in [1.29, 1.82) is 0 Å². The molecular weight excluding hydrogens is 286 g/mol. The minimum absolute atomic E-state index is 0.127. The highest BCUT2D eigenvalue weighted by molar-refractivity contribution is 6.30. The number of carboxylic acid groups (broad SMARTS) is 1. The van der Waals surface area contributed by atoms with E-state index in [1.807, 2.05) is 0 Å². The Balaban J connectivity index is 2.27. The van der Waals surface area contributed by atoms with E-state index < -0.39 is 12.1 Å². The van der Waals surface area contributed by atoms with Gasteiger partial charge in [0.05, 0.1) is 6.61 Å². The van der Waals surface area contributed by atoms with Crippen molar-refractivity contribution in [2.24, 2.45) is 0 Å². The first-order valence-corrected chi connectivity index (χ1v) is 6.36. The lowest BCUT2D eigenvalue weighted by Gasteiger charge is -2.14. The summed E-state index contributed by atoms with van der Waals surface area (Å²) in [5, 5.41) is 11.5. The van der Waals surface area contributed by atoms with Gasteiger partial charge < -0.3 is 19.9 Å². The number of halogens is 1. The zero-order chi connectivity index (χ0) is 15.0. The number of carbonyl (C=O) groups is 2. The number of aliphatic carboxylic acids is 1. The molecule has 1 aromatic carbocycles. The molecule has 1 rings (SSSR count). The summed E-state index contributed by atoms with van der Waals surface area (Å²) in [6, 6.07) is 6.74. The van der Waals surface area contributed by atoms with Crippen molar-refractivity contribution < 1.29 is 24.2 Å². The summed E-state index contributed by atoms with van der Waals surface area (Å²) in [6.45, 7) is 1.57. The fourth-order valence-corrected chi connectivity index (χ4v) is 1.53. The van der Waals surface area contributed by atoms with Gasteiger partial charge in [-0.05, 0) is 25.1 Å². The molecule has 0 saturated carbocycles. The molecule has 0 bridgehead atoms. The Morgan fingerprint density at radius 1 is 1.45 bits per heavy atom. The molecule has 0 fully saturated rings. The zero-order valence-electron chi connectivity index (χ0n) is 11.0.